The minimum absolute atomic E-state index is 0.0123. The molecule has 1 saturated heterocycles. The van der Waals surface area contributed by atoms with Crippen LogP contribution in [0, 0.1) is 12.8 Å². The average Bonchev–Trinajstić information content (AvgIpc) is 2.68. The van der Waals surface area contributed by atoms with Crippen LogP contribution in [0.4, 0.5) is 0 Å². The van der Waals surface area contributed by atoms with Gasteiger partial charge in [0.1, 0.15) is 0 Å². The van der Waals surface area contributed by atoms with Gasteiger partial charge in [-0.05, 0) is 57.7 Å². The van der Waals surface area contributed by atoms with Crippen LogP contribution in [0.2, 0.25) is 0 Å². The van der Waals surface area contributed by atoms with E-state index >= 15 is 0 Å². The Labute approximate surface area is 174 Å². The van der Waals surface area contributed by atoms with Crippen LogP contribution in [-0.4, -0.2) is 37.3 Å². The lowest BCUT2D eigenvalue weighted by Crippen LogP contribution is -2.50. The maximum atomic E-state index is 12.8. The summed E-state index contributed by atoms with van der Waals surface area (Å²) in [5, 5.41) is 3.16. The molecular weight excluding hydrogens is 384 g/mol. The van der Waals surface area contributed by atoms with E-state index in [1.165, 1.54) is 9.87 Å². The molecule has 1 aliphatic heterocycles. The molecule has 1 aliphatic rings. The number of piperidine rings is 1. The Bertz CT molecular complexity index is 930. The van der Waals surface area contributed by atoms with E-state index in [4.69, 9.17) is 0 Å². The highest BCUT2D eigenvalue weighted by Gasteiger charge is 2.33. The van der Waals surface area contributed by atoms with Gasteiger partial charge in [-0.3, -0.25) is 4.79 Å². The van der Waals surface area contributed by atoms with Gasteiger partial charge in [-0.25, -0.2) is 8.42 Å². The number of aryl methyl sites for hydroxylation is 1. The molecular formula is C23H30N2O3S. The Morgan fingerprint density at radius 1 is 1.03 bits per heavy atom. The van der Waals surface area contributed by atoms with Crippen LogP contribution in [0.25, 0.3) is 0 Å². The van der Waals surface area contributed by atoms with Crippen LogP contribution in [0.3, 0.4) is 0 Å². The van der Waals surface area contributed by atoms with Gasteiger partial charge in [-0.1, -0.05) is 48.0 Å². The summed E-state index contributed by atoms with van der Waals surface area (Å²) in [6.45, 7) is 6.71. The first kappa shape index (κ1) is 21.5. The Balaban J connectivity index is 1.57. The predicted octanol–water partition coefficient (Wildman–Crippen LogP) is 3.53. The maximum absolute atomic E-state index is 12.8. The summed E-state index contributed by atoms with van der Waals surface area (Å²) < 4.78 is 27.2. The van der Waals surface area contributed by atoms with Crippen LogP contribution in [0.5, 0.6) is 0 Å². The summed E-state index contributed by atoms with van der Waals surface area (Å²) >= 11 is 0. The molecule has 0 spiro atoms. The predicted molar refractivity (Wildman–Crippen MR) is 115 cm³/mol. The molecule has 1 heterocycles. The highest BCUT2D eigenvalue weighted by molar-refractivity contribution is 7.89. The highest BCUT2D eigenvalue weighted by Crippen LogP contribution is 2.25. The summed E-state index contributed by atoms with van der Waals surface area (Å²) in [5.74, 6) is -0.146. The van der Waals surface area contributed by atoms with Gasteiger partial charge in [-0.15, -0.1) is 0 Å². The van der Waals surface area contributed by atoms with Crippen molar-refractivity contribution in [3.05, 3.63) is 65.7 Å². The maximum Gasteiger partial charge on any atom is 0.243 e. The normalized spacial score (nSPS) is 16.5. The van der Waals surface area contributed by atoms with Crippen LogP contribution in [0.15, 0.2) is 59.5 Å². The molecule has 0 atom stereocenters. The van der Waals surface area contributed by atoms with Crippen LogP contribution >= 0.6 is 0 Å². The molecule has 0 aromatic heterocycles. The second-order valence-electron chi connectivity index (χ2n) is 8.53. The zero-order valence-corrected chi connectivity index (χ0v) is 18.2. The number of hydrogen-bond donors (Lipinski definition) is 1. The zero-order valence-electron chi connectivity index (χ0n) is 17.4. The molecule has 1 N–H and O–H groups in total. The third kappa shape index (κ3) is 5.46. The molecule has 0 unspecified atom stereocenters. The molecule has 156 valence electrons. The van der Waals surface area contributed by atoms with Gasteiger partial charge in [0.25, 0.3) is 0 Å². The molecule has 0 aliphatic carbocycles. The standard InChI is InChI=1S/C23H30N2O3S/c1-18-9-11-21(12-10-18)29(27,28)25-15-13-20(14-16-25)22(26)24-23(2,3)17-19-7-5-4-6-8-19/h4-12,20H,13-17H2,1-3H3,(H,24,26). The second kappa shape index (κ2) is 8.67. The lowest BCUT2D eigenvalue weighted by atomic mass is 9.91. The van der Waals surface area contributed by atoms with Crippen molar-refractivity contribution in [1.29, 1.82) is 0 Å². The Kier molecular flexibility index (Phi) is 6.44. The topological polar surface area (TPSA) is 66.5 Å². The largest absolute Gasteiger partial charge is 0.351 e. The van der Waals surface area contributed by atoms with Crippen LogP contribution in [0.1, 0.15) is 37.8 Å². The number of nitrogens with zero attached hydrogens (tertiary/aromatic N) is 1. The van der Waals surface area contributed by atoms with Gasteiger partial charge < -0.3 is 5.32 Å². The Hall–Kier alpha value is -2.18. The summed E-state index contributed by atoms with van der Waals surface area (Å²) in [6.07, 6.45) is 1.83. The number of carbonyl (C=O) groups is 1. The molecule has 0 bridgehead atoms. The molecule has 6 heteroatoms. The van der Waals surface area contributed by atoms with Crippen LogP contribution in [-0.2, 0) is 21.2 Å². The van der Waals surface area contributed by atoms with Gasteiger partial charge in [0.2, 0.25) is 15.9 Å². The molecule has 2 aromatic rings. The summed E-state index contributed by atoms with van der Waals surface area (Å²) in [5.41, 5.74) is 1.85. The lowest BCUT2D eigenvalue weighted by Gasteiger charge is -2.33. The number of rotatable bonds is 6. The van der Waals surface area contributed by atoms with E-state index in [2.05, 4.69) is 17.4 Å². The number of carbonyl (C=O) groups excluding carboxylic acids is 1. The van der Waals surface area contributed by atoms with Crippen molar-refractivity contribution in [2.45, 2.75) is 50.5 Å². The zero-order chi connectivity index (χ0) is 21.1. The SMILES string of the molecule is Cc1ccc(S(=O)(=O)N2CCC(C(=O)NC(C)(C)Cc3ccccc3)CC2)cc1. The fraction of sp³-hybridized carbons (Fsp3) is 0.435. The first-order valence-electron chi connectivity index (χ1n) is 10.1. The first-order valence-corrected chi connectivity index (χ1v) is 11.5. The third-order valence-corrected chi connectivity index (χ3v) is 7.35. The Morgan fingerprint density at radius 3 is 2.21 bits per heavy atom. The van der Waals surface area contributed by atoms with E-state index in [9.17, 15) is 13.2 Å². The van der Waals surface area contributed by atoms with Crippen molar-refractivity contribution in [3.63, 3.8) is 0 Å². The van der Waals surface area contributed by atoms with E-state index in [1.807, 2.05) is 51.1 Å². The minimum Gasteiger partial charge on any atom is -0.351 e. The smallest absolute Gasteiger partial charge is 0.243 e. The molecule has 0 radical (unpaired) electrons. The number of amides is 1. The van der Waals surface area contributed by atoms with Crippen molar-refractivity contribution >= 4 is 15.9 Å². The monoisotopic (exact) mass is 414 g/mol. The molecule has 1 fully saturated rings. The molecule has 3 rings (SSSR count). The number of hydrogen-bond acceptors (Lipinski definition) is 3. The molecule has 5 nitrogen and oxygen atoms in total. The fourth-order valence-corrected chi connectivity index (χ4v) is 5.27. The number of nitrogens with one attached hydrogen (secondary N) is 1. The van der Waals surface area contributed by atoms with Crippen molar-refractivity contribution in [2.24, 2.45) is 5.92 Å². The van der Waals surface area contributed by atoms with Crippen molar-refractivity contribution in [3.8, 4) is 0 Å². The van der Waals surface area contributed by atoms with E-state index in [1.54, 1.807) is 12.1 Å². The molecule has 0 saturated carbocycles. The third-order valence-electron chi connectivity index (χ3n) is 5.43. The van der Waals surface area contributed by atoms with E-state index in [0.717, 1.165) is 12.0 Å². The van der Waals surface area contributed by atoms with Crippen molar-refractivity contribution in [2.75, 3.05) is 13.1 Å². The van der Waals surface area contributed by atoms with Gasteiger partial charge in [0.05, 0.1) is 4.90 Å². The van der Waals surface area contributed by atoms with E-state index in [-0.39, 0.29) is 17.4 Å². The molecule has 2 aromatic carbocycles. The van der Waals surface area contributed by atoms with Crippen LogP contribution < -0.4 is 5.32 Å². The highest BCUT2D eigenvalue weighted by atomic mass is 32.2. The first-order chi connectivity index (χ1) is 13.7. The molecule has 1 amide bonds. The van der Waals surface area contributed by atoms with E-state index < -0.39 is 10.0 Å². The van der Waals surface area contributed by atoms with Gasteiger partial charge in [0.15, 0.2) is 0 Å². The van der Waals surface area contributed by atoms with Gasteiger partial charge in [-0.2, -0.15) is 4.31 Å². The summed E-state index contributed by atoms with van der Waals surface area (Å²) in [6, 6.07) is 17.0. The summed E-state index contributed by atoms with van der Waals surface area (Å²) in [7, 11) is -3.50. The van der Waals surface area contributed by atoms with E-state index in [0.29, 0.717) is 30.8 Å². The number of benzene rings is 2. The second-order valence-corrected chi connectivity index (χ2v) is 10.5. The quantitative estimate of drug-likeness (QED) is 0.786. The van der Waals surface area contributed by atoms with Gasteiger partial charge in [0, 0.05) is 24.5 Å². The van der Waals surface area contributed by atoms with Crippen molar-refractivity contribution < 1.29 is 13.2 Å². The van der Waals surface area contributed by atoms with Gasteiger partial charge >= 0.3 is 0 Å². The number of sulfonamides is 1. The average molecular weight is 415 g/mol. The molecule has 29 heavy (non-hydrogen) atoms. The summed E-state index contributed by atoms with van der Waals surface area (Å²) in [4.78, 5) is 13.1. The fourth-order valence-electron chi connectivity index (χ4n) is 3.80. The Morgan fingerprint density at radius 2 is 1.62 bits per heavy atom. The van der Waals surface area contributed by atoms with Crippen molar-refractivity contribution in [1.82, 2.24) is 9.62 Å². The lowest BCUT2D eigenvalue weighted by molar-refractivity contribution is -0.127. The minimum atomic E-state index is -3.50.